The molecule has 0 aromatic carbocycles. The van der Waals surface area contributed by atoms with Crippen LogP contribution in [0.5, 0.6) is 0 Å². The van der Waals surface area contributed by atoms with Gasteiger partial charge in [-0.1, -0.05) is 6.42 Å². The first-order valence-corrected chi connectivity index (χ1v) is 7.93. The first-order valence-electron chi connectivity index (χ1n) is 7.93. The maximum Gasteiger partial charge on any atom is 0.227 e. The molecule has 6 nitrogen and oxygen atoms in total. The first kappa shape index (κ1) is 14.5. The van der Waals surface area contributed by atoms with Gasteiger partial charge in [0.25, 0.3) is 0 Å². The van der Waals surface area contributed by atoms with E-state index in [4.69, 9.17) is 0 Å². The van der Waals surface area contributed by atoms with E-state index in [1.54, 1.807) is 6.33 Å². The summed E-state index contributed by atoms with van der Waals surface area (Å²) in [6.45, 7) is 6.86. The van der Waals surface area contributed by atoms with Crippen molar-refractivity contribution in [2.24, 2.45) is 5.92 Å². The molecule has 3 heterocycles. The van der Waals surface area contributed by atoms with Gasteiger partial charge in [-0.25, -0.2) is 0 Å². The zero-order valence-corrected chi connectivity index (χ0v) is 13.2. The van der Waals surface area contributed by atoms with Crippen molar-refractivity contribution in [2.75, 3.05) is 20.1 Å². The van der Waals surface area contributed by atoms with Crippen LogP contribution in [-0.4, -0.2) is 56.7 Å². The van der Waals surface area contributed by atoms with Gasteiger partial charge >= 0.3 is 0 Å². The van der Waals surface area contributed by atoms with Crippen molar-refractivity contribution in [1.29, 1.82) is 0 Å². The average Bonchev–Trinajstić information content (AvgIpc) is 2.79. The average molecular weight is 291 g/mol. The SMILES string of the molecule is CC(C)n1cnnc1CN1C[C@H]2CCC[C@@H](C1)N(C)C2=O. The Morgan fingerprint density at radius 2 is 2.14 bits per heavy atom. The zero-order valence-electron chi connectivity index (χ0n) is 13.2. The summed E-state index contributed by atoms with van der Waals surface area (Å²) in [6, 6.07) is 0.714. The number of carbonyl (C=O) groups is 1. The van der Waals surface area contributed by atoms with Gasteiger partial charge in [-0.3, -0.25) is 9.69 Å². The predicted octanol–water partition coefficient (Wildman–Crippen LogP) is 1.30. The van der Waals surface area contributed by atoms with Crippen LogP contribution in [0.2, 0.25) is 0 Å². The monoisotopic (exact) mass is 291 g/mol. The number of amides is 1. The van der Waals surface area contributed by atoms with Gasteiger partial charge in [0.05, 0.1) is 12.5 Å². The Morgan fingerprint density at radius 1 is 1.33 bits per heavy atom. The lowest BCUT2D eigenvalue weighted by molar-refractivity contribution is -0.134. The minimum atomic E-state index is 0.151. The van der Waals surface area contributed by atoms with E-state index in [9.17, 15) is 4.79 Å². The molecule has 21 heavy (non-hydrogen) atoms. The van der Waals surface area contributed by atoms with E-state index in [0.29, 0.717) is 18.0 Å². The number of rotatable bonds is 3. The van der Waals surface area contributed by atoms with Crippen molar-refractivity contribution in [3.63, 3.8) is 0 Å². The molecule has 0 saturated carbocycles. The van der Waals surface area contributed by atoms with Gasteiger partial charge in [-0.05, 0) is 26.7 Å². The summed E-state index contributed by atoms with van der Waals surface area (Å²) < 4.78 is 2.12. The second-order valence-electron chi connectivity index (χ2n) is 6.67. The molecular formula is C15H25N5O. The molecule has 6 heteroatoms. The topological polar surface area (TPSA) is 54.3 Å². The summed E-state index contributed by atoms with van der Waals surface area (Å²) in [7, 11) is 1.96. The fourth-order valence-corrected chi connectivity index (χ4v) is 3.59. The molecule has 2 fully saturated rings. The fraction of sp³-hybridized carbons (Fsp3) is 0.800. The third-order valence-corrected chi connectivity index (χ3v) is 4.85. The van der Waals surface area contributed by atoms with E-state index < -0.39 is 0 Å². The predicted molar refractivity (Wildman–Crippen MR) is 79.6 cm³/mol. The first-order chi connectivity index (χ1) is 10.1. The van der Waals surface area contributed by atoms with E-state index in [2.05, 4.69) is 33.5 Å². The van der Waals surface area contributed by atoms with Crippen LogP contribution < -0.4 is 0 Å². The van der Waals surface area contributed by atoms with Crippen LogP contribution in [0.25, 0.3) is 0 Å². The standard InChI is InChI=1S/C15H25N5O/c1-11(2)20-10-16-17-14(20)9-19-7-12-5-4-6-13(8-19)18(3)15(12)21/h10-13H,4-9H2,1-3H3/t12-,13+/m1/s1. The number of likely N-dealkylation sites (N-methyl/N-ethyl adjacent to an activating group) is 1. The quantitative estimate of drug-likeness (QED) is 0.842. The Balaban J connectivity index is 1.77. The summed E-state index contributed by atoms with van der Waals surface area (Å²) >= 11 is 0. The van der Waals surface area contributed by atoms with Gasteiger partial charge in [-0.15, -0.1) is 10.2 Å². The lowest BCUT2D eigenvalue weighted by Gasteiger charge is -2.29. The van der Waals surface area contributed by atoms with E-state index in [1.165, 1.54) is 6.42 Å². The summed E-state index contributed by atoms with van der Waals surface area (Å²) in [5, 5.41) is 8.31. The molecule has 2 saturated heterocycles. The lowest BCUT2D eigenvalue weighted by Crippen LogP contribution is -2.40. The van der Waals surface area contributed by atoms with Gasteiger partial charge < -0.3 is 9.47 Å². The van der Waals surface area contributed by atoms with E-state index >= 15 is 0 Å². The van der Waals surface area contributed by atoms with Crippen molar-refractivity contribution >= 4 is 5.91 Å². The molecule has 2 bridgehead atoms. The van der Waals surface area contributed by atoms with Crippen LogP contribution in [0.15, 0.2) is 6.33 Å². The van der Waals surface area contributed by atoms with Crippen LogP contribution in [-0.2, 0) is 11.3 Å². The normalized spacial score (nSPS) is 27.2. The van der Waals surface area contributed by atoms with Crippen molar-refractivity contribution in [3.8, 4) is 0 Å². The highest BCUT2D eigenvalue weighted by atomic mass is 16.2. The maximum atomic E-state index is 12.4. The molecule has 2 atom stereocenters. The van der Waals surface area contributed by atoms with Crippen LogP contribution >= 0.6 is 0 Å². The van der Waals surface area contributed by atoms with Crippen LogP contribution in [0.1, 0.15) is 45.0 Å². The fourth-order valence-electron chi connectivity index (χ4n) is 3.59. The van der Waals surface area contributed by atoms with E-state index in [1.807, 2.05) is 11.9 Å². The van der Waals surface area contributed by atoms with Crippen molar-refractivity contribution < 1.29 is 4.79 Å². The maximum absolute atomic E-state index is 12.4. The molecule has 0 aliphatic carbocycles. The van der Waals surface area contributed by atoms with Gasteiger partial charge in [0, 0.05) is 32.2 Å². The highest BCUT2D eigenvalue weighted by Gasteiger charge is 2.36. The summed E-state index contributed by atoms with van der Waals surface area (Å²) in [6.07, 6.45) is 5.11. The third-order valence-electron chi connectivity index (χ3n) is 4.85. The Hall–Kier alpha value is -1.43. The molecule has 0 spiro atoms. The van der Waals surface area contributed by atoms with E-state index in [-0.39, 0.29) is 5.92 Å². The molecule has 1 aromatic rings. The minimum Gasteiger partial charge on any atom is -0.341 e. The second-order valence-corrected chi connectivity index (χ2v) is 6.67. The molecule has 0 unspecified atom stereocenters. The summed E-state index contributed by atoms with van der Waals surface area (Å²) in [5.74, 6) is 1.48. The summed E-state index contributed by atoms with van der Waals surface area (Å²) in [5.41, 5.74) is 0. The summed E-state index contributed by atoms with van der Waals surface area (Å²) in [4.78, 5) is 16.8. The second kappa shape index (κ2) is 5.75. The number of hydrogen-bond donors (Lipinski definition) is 0. The highest BCUT2D eigenvalue weighted by Crippen LogP contribution is 2.27. The Labute approximate surface area is 126 Å². The molecule has 0 radical (unpaired) electrons. The number of likely N-dealkylation sites (tertiary alicyclic amines) is 1. The smallest absolute Gasteiger partial charge is 0.227 e. The van der Waals surface area contributed by atoms with Crippen LogP contribution in [0.3, 0.4) is 0 Å². The van der Waals surface area contributed by atoms with Crippen LogP contribution in [0, 0.1) is 5.92 Å². The molecule has 1 amide bonds. The Morgan fingerprint density at radius 3 is 2.90 bits per heavy atom. The zero-order chi connectivity index (χ0) is 15.0. The number of nitrogens with zero attached hydrogens (tertiary/aromatic N) is 5. The van der Waals surface area contributed by atoms with Gasteiger partial charge in [-0.2, -0.15) is 0 Å². The number of hydrogen-bond acceptors (Lipinski definition) is 4. The highest BCUT2D eigenvalue weighted by molar-refractivity contribution is 5.79. The molecular weight excluding hydrogens is 266 g/mol. The molecule has 1 aromatic heterocycles. The number of aromatic nitrogens is 3. The van der Waals surface area contributed by atoms with Crippen molar-refractivity contribution in [2.45, 2.75) is 51.7 Å². The number of carbonyl (C=O) groups excluding carboxylic acids is 1. The lowest BCUT2D eigenvalue weighted by atomic mass is 9.99. The van der Waals surface area contributed by atoms with Crippen LogP contribution in [0.4, 0.5) is 0 Å². The Bertz CT molecular complexity index is 512. The van der Waals surface area contributed by atoms with Gasteiger partial charge in [0.15, 0.2) is 0 Å². The van der Waals surface area contributed by atoms with Gasteiger partial charge in [0.1, 0.15) is 12.2 Å². The molecule has 0 N–H and O–H groups in total. The van der Waals surface area contributed by atoms with Crippen molar-refractivity contribution in [3.05, 3.63) is 12.2 Å². The van der Waals surface area contributed by atoms with E-state index in [0.717, 1.165) is 38.3 Å². The Kier molecular flexibility index (Phi) is 3.97. The van der Waals surface area contributed by atoms with Crippen molar-refractivity contribution in [1.82, 2.24) is 24.6 Å². The molecule has 2 aliphatic heterocycles. The molecule has 116 valence electrons. The minimum absolute atomic E-state index is 0.151. The number of fused-ring (bicyclic) bond motifs is 3. The van der Waals surface area contributed by atoms with Gasteiger partial charge in [0.2, 0.25) is 5.91 Å². The molecule has 2 aliphatic rings. The molecule has 3 rings (SSSR count). The largest absolute Gasteiger partial charge is 0.341 e. The third kappa shape index (κ3) is 2.81.